The van der Waals surface area contributed by atoms with Gasteiger partial charge in [-0.3, -0.25) is 0 Å². The Kier molecular flexibility index (Phi) is 4.41. The van der Waals surface area contributed by atoms with E-state index in [1.54, 1.807) is 12.1 Å². The third kappa shape index (κ3) is 2.83. The van der Waals surface area contributed by atoms with Crippen LogP contribution in [0.1, 0.15) is 30.9 Å². The van der Waals surface area contributed by atoms with Crippen LogP contribution in [-0.2, 0) is 0 Å². The van der Waals surface area contributed by atoms with E-state index in [0.717, 1.165) is 42.0 Å². The van der Waals surface area contributed by atoms with E-state index in [2.05, 4.69) is 23.3 Å². The van der Waals surface area contributed by atoms with Crippen LogP contribution in [0.2, 0.25) is 0 Å². The van der Waals surface area contributed by atoms with Gasteiger partial charge in [0.15, 0.2) is 0 Å². The molecule has 0 radical (unpaired) electrons. The standard InChI is InChI=1S/C16H18FN3/c1-3-4-9-19-16-14(10-18)11(2)15(20-16)12-5-7-13(17)8-6-12/h5-8,19-20H,3-4,9H2,1-2H3. The Morgan fingerprint density at radius 1 is 1.30 bits per heavy atom. The maximum atomic E-state index is 13.0. The summed E-state index contributed by atoms with van der Waals surface area (Å²) >= 11 is 0. The molecule has 0 fully saturated rings. The fraction of sp³-hybridized carbons (Fsp3) is 0.312. The van der Waals surface area contributed by atoms with Gasteiger partial charge in [-0.25, -0.2) is 4.39 Å². The number of nitrogens with one attached hydrogen (secondary N) is 2. The maximum Gasteiger partial charge on any atom is 0.123 e. The first kappa shape index (κ1) is 14.1. The quantitative estimate of drug-likeness (QED) is 0.800. The van der Waals surface area contributed by atoms with Crippen LogP contribution in [0, 0.1) is 24.1 Å². The lowest BCUT2D eigenvalue weighted by atomic mass is 10.1. The van der Waals surface area contributed by atoms with E-state index in [1.807, 2.05) is 6.92 Å². The molecule has 0 aliphatic carbocycles. The summed E-state index contributed by atoms with van der Waals surface area (Å²) in [5.74, 6) is 0.484. The molecule has 1 aromatic heterocycles. The van der Waals surface area contributed by atoms with Crippen molar-refractivity contribution in [1.82, 2.24) is 4.98 Å². The van der Waals surface area contributed by atoms with E-state index in [1.165, 1.54) is 12.1 Å². The third-order valence-electron chi connectivity index (χ3n) is 3.33. The first-order valence-corrected chi connectivity index (χ1v) is 6.79. The topological polar surface area (TPSA) is 51.6 Å². The number of aromatic nitrogens is 1. The van der Waals surface area contributed by atoms with Gasteiger partial charge in [0.05, 0.1) is 11.3 Å². The van der Waals surface area contributed by atoms with Gasteiger partial charge in [0.1, 0.15) is 17.7 Å². The highest BCUT2D eigenvalue weighted by atomic mass is 19.1. The number of unbranched alkanes of at least 4 members (excludes halogenated alkanes) is 1. The van der Waals surface area contributed by atoms with Crippen molar-refractivity contribution in [3.63, 3.8) is 0 Å². The number of hydrogen-bond donors (Lipinski definition) is 2. The van der Waals surface area contributed by atoms with E-state index in [-0.39, 0.29) is 5.82 Å². The predicted molar refractivity (Wildman–Crippen MR) is 79.0 cm³/mol. The number of nitrogens with zero attached hydrogens (tertiary/aromatic N) is 1. The molecular formula is C16H18FN3. The van der Waals surface area contributed by atoms with Crippen LogP contribution in [0.4, 0.5) is 10.2 Å². The fourth-order valence-electron chi connectivity index (χ4n) is 2.16. The van der Waals surface area contributed by atoms with Crippen molar-refractivity contribution in [1.29, 1.82) is 5.26 Å². The molecule has 0 bridgehead atoms. The molecule has 104 valence electrons. The summed E-state index contributed by atoms with van der Waals surface area (Å²) < 4.78 is 13.0. The van der Waals surface area contributed by atoms with E-state index in [9.17, 15) is 9.65 Å². The Hall–Kier alpha value is -2.28. The highest BCUT2D eigenvalue weighted by molar-refractivity contribution is 5.73. The summed E-state index contributed by atoms with van der Waals surface area (Å²) in [4.78, 5) is 3.24. The minimum Gasteiger partial charge on any atom is -0.371 e. The fourth-order valence-corrected chi connectivity index (χ4v) is 2.16. The summed E-state index contributed by atoms with van der Waals surface area (Å²) in [6, 6.07) is 8.50. The van der Waals surface area contributed by atoms with Crippen LogP contribution in [0.3, 0.4) is 0 Å². The Balaban J connectivity index is 2.35. The third-order valence-corrected chi connectivity index (χ3v) is 3.33. The zero-order valence-corrected chi connectivity index (χ0v) is 11.8. The van der Waals surface area contributed by atoms with Gasteiger partial charge >= 0.3 is 0 Å². The van der Waals surface area contributed by atoms with Gasteiger partial charge in [-0.2, -0.15) is 5.26 Å². The van der Waals surface area contributed by atoms with Gasteiger partial charge in [0.2, 0.25) is 0 Å². The molecule has 3 nitrogen and oxygen atoms in total. The Bertz CT molecular complexity index is 620. The first-order valence-electron chi connectivity index (χ1n) is 6.79. The molecule has 1 aromatic carbocycles. The van der Waals surface area contributed by atoms with Crippen molar-refractivity contribution in [3.05, 3.63) is 41.2 Å². The van der Waals surface area contributed by atoms with E-state index in [0.29, 0.717) is 5.56 Å². The van der Waals surface area contributed by atoms with Crippen molar-refractivity contribution in [2.75, 3.05) is 11.9 Å². The Labute approximate surface area is 118 Å². The molecule has 0 saturated heterocycles. The lowest BCUT2D eigenvalue weighted by Crippen LogP contribution is -2.02. The van der Waals surface area contributed by atoms with Crippen LogP contribution in [-0.4, -0.2) is 11.5 Å². The number of benzene rings is 1. The molecule has 0 aliphatic rings. The van der Waals surface area contributed by atoms with Gasteiger partial charge in [-0.05, 0) is 48.7 Å². The van der Waals surface area contributed by atoms with Crippen LogP contribution in [0.5, 0.6) is 0 Å². The monoisotopic (exact) mass is 271 g/mol. The predicted octanol–water partition coefficient (Wildman–Crippen LogP) is 4.21. The number of anilines is 1. The average molecular weight is 271 g/mol. The van der Waals surface area contributed by atoms with Crippen molar-refractivity contribution in [2.45, 2.75) is 26.7 Å². The van der Waals surface area contributed by atoms with Crippen LogP contribution in [0.25, 0.3) is 11.3 Å². The second-order valence-electron chi connectivity index (χ2n) is 4.77. The van der Waals surface area contributed by atoms with Crippen LogP contribution >= 0.6 is 0 Å². The number of nitriles is 1. The van der Waals surface area contributed by atoms with Gasteiger partial charge in [-0.1, -0.05) is 13.3 Å². The minimum absolute atomic E-state index is 0.264. The molecule has 0 unspecified atom stereocenters. The number of aromatic amines is 1. The normalized spacial score (nSPS) is 10.3. The lowest BCUT2D eigenvalue weighted by Gasteiger charge is -2.03. The molecule has 0 saturated carbocycles. The average Bonchev–Trinajstić information content (AvgIpc) is 2.76. The second-order valence-corrected chi connectivity index (χ2v) is 4.77. The molecule has 2 rings (SSSR count). The lowest BCUT2D eigenvalue weighted by molar-refractivity contribution is 0.628. The molecule has 20 heavy (non-hydrogen) atoms. The molecule has 0 spiro atoms. The molecule has 4 heteroatoms. The highest BCUT2D eigenvalue weighted by Gasteiger charge is 2.14. The minimum atomic E-state index is -0.264. The van der Waals surface area contributed by atoms with Crippen molar-refractivity contribution in [3.8, 4) is 17.3 Å². The van der Waals surface area contributed by atoms with E-state index in [4.69, 9.17) is 0 Å². The van der Waals surface area contributed by atoms with Crippen LogP contribution < -0.4 is 5.32 Å². The molecular weight excluding hydrogens is 253 g/mol. The summed E-state index contributed by atoms with van der Waals surface area (Å²) in [5.41, 5.74) is 3.25. The zero-order chi connectivity index (χ0) is 14.5. The molecule has 2 N–H and O–H groups in total. The number of H-pyrrole nitrogens is 1. The van der Waals surface area contributed by atoms with Gasteiger partial charge in [-0.15, -0.1) is 0 Å². The summed E-state index contributed by atoms with van der Waals surface area (Å²) in [6.07, 6.45) is 2.15. The highest BCUT2D eigenvalue weighted by Crippen LogP contribution is 2.30. The summed E-state index contributed by atoms with van der Waals surface area (Å²) in [5, 5.41) is 12.5. The molecule has 1 heterocycles. The van der Waals surface area contributed by atoms with Gasteiger partial charge in [0.25, 0.3) is 0 Å². The Morgan fingerprint density at radius 3 is 2.60 bits per heavy atom. The molecule has 0 aliphatic heterocycles. The maximum absolute atomic E-state index is 13.0. The van der Waals surface area contributed by atoms with Crippen molar-refractivity contribution >= 4 is 5.82 Å². The first-order chi connectivity index (χ1) is 9.67. The van der Waals surface area contributed by atoms with E-state index >= 15 is 0 Å². The summed E-state index contributed by atoms with van der Waals surface area (Å²) in [7, 11) is 0. The number of rotatable bonds is 5. The second kappa shape index (κ2) is 6.25. The largest absolute Gasteiger partial charge is 0.371 e. The van der Waals surface area contributed by atoms with E-state index < -0.39 is 0 Å². The summed E-state index contributed by atoms with van der Waals surface area (Å²) in [6.45, 7) is 4.85. The molecule has 0 amide bonds. The Morgan fingerprint density at radius 2 is 2.00 bits per heavy atom. The van der Waals surface area contributed by atoms with Gasteiger partial charge < -0.3 is 10.3 Å². The van der Waals surface area contributed by atoms with Crippen molar-refractivity contribution in [2.24, 2.45) is 0 Å². The zero-order valence-electron chi connectivity index (χ0n) is 11.8. The molecule has 2 aromatic rings. The van der Waals surface area contributed by atoms with Gasteiger partial charge in [0, 0.05) is 6.54 Å². The number of halogens is 1. The van der Waals surface area contributed by atoms with Crippen LogP contribution in [0.15, 0.2) is 24.3 Å². The smallest absolute Gasteiger partial charge is 0.123 e. The number of hydrogen-bond acceptors (Lipinski definition) is 2. The molecule has 0 atom stereocenters. The SMILES string of the molecule is CCCCNc1[nH]c(-c2ccc(F)cc2)c(C)c1C#N. The van der Waals surface area contributed by atoms with Crippen molar-refractivity contribution < 1.29 is 4.39 Å².